The minimum absolute atomic E-state index is 0.612. The van der Waals surface area contributed by atoms with Crippen LogP contribution >= 0.6 is 11.3 Å². The van der Waals surface area contributed by atoms with Crippen molar-refractivity contribution in [2.75, 3.05) is 17.7 Å². The SMILES string of the molecule is CNc1nc(C)cc(Nc2ccc3ncsc3c2)n1. The van der Waals surface area contributed by atoms with E-state index < -0.39 is 0 Å². The van der Waals surface area contributed by atoms with Crippen LogP contribution in [0.25, 0.3) is 10.2 Å². The molecule has 0 aliphatic heterocycles. The second-order valence-electron chi connectivity index (χ2n) is 4.13. The summed E-state index contributed by atoms with van der Waals surface area (Å²) in [5.41, 5.74) is 4.78. The van der Waals surface area contributed by atoms with Gasteiger partial charge in [0, 0.05) is 24.5 Å². The number of nitrogens with one attached hydrogen (secondary N) is 2. The molecule has 2 N–H and O–H groups in total. The molecule has 96 valence electrons. The zero-order valence-electron chi connectivity index (χ0n) is 10.6. The summed E-state index contributed by atoms with van der Waals surface area (Å²) < 4.78 is 1.16. The van der Waals surface area contributed by atoms with Gasteiger partial charge < -0.3 is 10.6 Å². The van der Waals surface area contributed by atoms with Gasteiger partial charge in [-0.2, -0.15) is 4.98 Å². The molecule has 5 nitrogen and oxygen atoms in total. The van der Waals surface area contributed by atoms with Crippen LogP contribution < -0.4 is 10.6 Å². The summed E-state index contributed by atoms with van der Waals surface area (Å²) in [6.45, 7) is 1.94. The summed E-state index contributed by atoms with van der Waals surface area (Å²) in [5, 5.41) is 6.24. The first-order valence-electron chi connectivity index (χ1n) is 5.88. The molecule has 0 amide bonds. The zero-order chi connectivity index (χ0) is 13.2. The normalized spacial score (nSPS) is 10.6. The van der Waals surface area contributed by atoms with Gasteiger partial charge in [0.15, 0.2) is 0 Å². The number of nitrogens with zero attached hydrogens (tertiary/aromatic N) is 3. The predicted octanol–water partition coefficient (Wildman–Crippen LogP) is 3.18. The van der Waals surface area contributed by atoms with E-state index in [4.69, 9.17) is 0 Å². The monoisotopic (exact) mass is 271 g/mol. The minimum atomic E-state index is 0.612. The number of aryl methyl sites for hydroxylation is 1. The first kappa shape index (κ1) is 11.9. The lowest BCUT2D eigenvalue weighted by Crippen LogP contribution is -2.01. The molecule has 1 aromatic carbocycles. The third kappa shape index (κ3) is 2.48. The number of rotatable bonds is 3. The highest BCUT2D eigenvalue weighted by atomic mass is 32.1. The van der Waals surface area contributed by atoms with Gasteiger partial charge >= 0.3 is 0 Å². The van der Waals surface area contributed by atoms with Crippen LogP contribution in [0, 0.1) is 6.92 Å². The summed E-state index contributed by atoms with van der Waals surface area (Å²) in [5.74, 6) is 1.39. The van der Waals surface area contributed by atoms with Crippen LogP contribution in [0.1, 0.15) is 5.69 Å². The lowest BCUT2D eigenvalue weighted by molar-refractivity contribution is 1.10. The minimum Gasteiger partial charge on any atom is -0.357 e. The Morgan fingerprint density at radius 3 is 2.89 bits per heavy atom. The maximum absolute atomic E-state index is 4.37. The van der Waals surface area contributed by atoms with Gasteiger partial charge in [-0.1, -0.05) is 0 Å². The molecule has 0 aliphatic carbocycles. The fourth-order valence-electron chi connectivity index (χ4n) is 1.83. The lowest BCUT2D eigenvalue weighted by atomic mass is 10.3. The summed E-state index contributed by atoms with van der Waals surface area (Å²) in [6.07, 6.45) is 0. The van der Waals surface area contributed by atoms with E-state index in [9.17, 15) is 0 Å². The second kappa shape index (κ2) is 4.81. The van der Waals surface area contributed by atoms with Crippen molar-refractivity contribution < 1.29 is 0 Å². The molecule has 2 aromatic heterocycles. The van der Waals surface area contributed by atoms with E-state index in [0.717, 1.165) is 27.4 Å². The van der Waals surface area contributed by atoms with Gasteiger partial charge in [-0.05, 0) is 25.1 Å². The van der Waals surface area contributed by atoms with Crippen molar-refractivity contribution in [3.05, 3.63) is 35.5 Å². The largest absolute Gasteiger partial charge is 0.357 e. The Kier molecular flexibility index (Phi) is 3.00. The highest BCUT2D eigenvalue weighted by Crippen LogP contribution is 2.24. The third-order valence-electron chi connectivity index (χ3n) is 2.68. The number of anilines is 3. The fraction of sp³-hybridized carbons (Fsp3) is 0.154. The summed E-state index contributed by atoms with van der Waals surface area (Å²) in [7, 11) is 1.81. The van der Waals surface area contributed by atoms with Crippen LogP contribution in [0.15, 0.2) is 29.8 Å². The van der Waals surface area contributed by atoms with E-state index in [1.54, 1.807) is 11.3 Å². The number of benzene rings is 1. The Morgan fingerprint density at radius 1 is 1.16 bits per heavy atom. The molecule has 0 aliphatic rings. The molecule has 0 bridgehead atoms. The van der Waals surface area contributed by atoms with E-state index in [1.165, 1.54) is 0 Å². The Morgan fingerprint density at radius 2 is 2.05 bits per heavy atom. The highest BCUT2D eigenvalue weighted by molar-refractivity contribution is 7.16. The molecule has 0 radical (unpaired) electrons. The molecular formula is C13H13N5S. The first-order chi connectivity index (χ1) is 9.24. The molecule has 0 saturated heterocycles. The van der Waals surface area contributed by atoms with Gasteiger partial charge in [0.2, 0.25) is 5.95 Å². The molecule has 0 saturated carbocycles. The number of hydrogen-bond donors (Lipinski definition) is 2. The molecule has 0 spiro atoms. The van der Waals surface area contributed by atoms with Crippen molar-refractivity contribution in [3.63, 3.8) is 0 Å². The maximum atomic E-state index is 4.37. The van der Waals surface area contributed by atoms with Gasteiger partial charge in [0.25, 0.3) is 0 Å². The number of hydrogen-bond acceptors (Lipinski definition) is 6. The summed E-state index contributed by atoms with van der Waals surface area (Å²) in [6, 6.07) is 7.99. The molecule has 19 heavy (non-hydrogen) atoms. The van der Waals surface area contributed by atoms with Crippen LogP contribution in [0.2, 0.25) is 0 Å². The van der Waals surface area contributed by atoms with Crippen molar-refractivity contribution in [2.45, 2.75) is 6.92 Å². The van der Waals surface area contributed by atoms with Gasteiger partial charge in [0.05, 0.1) is 15.7 Å². The molecule has 2 heterocycles. The van der Waals surface area contributed by atoms with Crippen molar-refractivity contribution in [3.8, 4) is 0 Å². The molecule has 6 heteroatoms. The van der Waals surface area contributed by atoms with Crippen molar-refractivity contribution in [1.82, 2.24) is 15.0 Å². The van der Waals surface area contributed by atoms with Crippen molar-refractivity contribution in [1.29, 1.82) is 0 Å². The quantitative estimate of drug-likeness (QED) is 0.766. The number of thiazole rings is 1. The topological polar surface area (TPSA) is 62.7 Å². The van der Waals surface area contributed by atoms with Crippen LogP contribution in [-0.2, 0) is 0 Å². The summed E-state index contributed by atoms with van der Waals surface area (Å²) >= 11 is 1.63. The predicted molar refractivity (Wildman–Crippen MR) is 79.2 cm³/mol. The average molecular weight is 271 g/mol. The van der Waals surface area contributed by atoms with E-state index >= 15 is 0 Å². The van der Waals surface area contributed by atoms with Crippen LogP contribution in [0.5, 0.6) is 0 Å². The fourth-order valence-corrected chi connectivity index (χ4v) is 2.54. The van der Waals surface area contributed by atoms with Crippen LogP contribution in [0.3, 0.4) is 0 Å². The van der Waals surface area contributed by atoms with E-state index in [2.05, 4.69) is 31.7 Å². The average Bonchev–Trinajstić information content (AvgIpc) is 2.85. The molecule has 0 unspecified atom stereocenters. The molecule has 3 aromatic rings. The second-order valence-corrected chi connectivity index (χ2v) is 5.01. The molecule has 3 rings (SSSR count). The maximum Gasteiger partial charge on any atom is 0.224 e. The van der Waals surface area contributed by atoms with Crippen LogP contribution in [0.4, 0.5) is 17.5 Å². The van der Waals surface area contributed by atoms with Gasteiger partial charge in [-0.15, -0.1) is 11.3 Å². The van der Waals surface area contributed by atoms with E-state index in [1.807, 2.05) is 37.7 Å². The van der Waals surface area contributed by atoms with Gasteiger partial charge in [0.1, 0.15) is 5.82 Å². The Hall–Kier alpha value is -2.21. The molecule has 0 fully saturated rings. The van der Waals surface area contributed by atoms with Crippen molar-refractivity contribution >= 4 is 39.0 Å². The zero-order valence-corrected chi connectivity index (χ0v) is 11.5. The lowest BCUT2D eigenvalue weighted by Gasteiger charge is -2.08. The highest BCUT2D eigenvalue weighted by Gasteiger charge is 2.03. The Labute approximate surface area is 114 Å². The van der Waals surface area contributed by atoms with Gasteiger partial charge in [-0.3, -0.25) is 0 Å². The number of fused-ring (bicyclic) bond motifs is 1. The third-order valence-corrected chi connectivity index (χ3v) is 3.47. The van der Waals surface area contributed by atoms with Crippen LogP contribution in [-0.4, -0.2) is 22.0 Å². The smallest absolute Gasteiger partial charge is 0.224 e. The van der Waals surface area contributed by atoms with E-state index in [0.29, 0.717) is 5.95 Å². The van der Waals surface area contributed by atoms with Gasteiger partial charge in [-0.25, -0.2) is 9.97 Å². The van der Waals surface area contributed by atoms with Crippen molar-refractivity contribution in [2.24, 2.45) is 0 Å². The summed E-state index contributed by atoms with van der Waals surface area (Å²) in [4.78, 5) is 12.9. The number of aromatic nitrogens is 3. The molecule has 0 atom stereocenters. The van der Waals surface area contributed by atoms with E-state index in [-0.39, 0.29) is 0 Å². The Balaban J connectivity index is 1.93. The standard InChI is InChI=1S/C13H13N5S/c1-8-5-12(18-13(14-2)16-8)17-9-3-4-10-11(6-9)19-7-15-10/h3-7H,1-2H3,(H2,14,16,17,18). The first-order valence-corrected chi connectivity index (χ1v) is 6.76. The Bertz CT molecular complexity index is 722. The molecular weight excluding hydrogens is 258 g/mol.